The Morgan fingerprint density at radius 3 is 2.36 bits per heavy atom. The molecule has 0 atom stereocenters. The highest BCUT2D eigenvalue weighted by atomic mass is 79.9. The fourth-order valence-electron chi connectivity index (χ4n) is 4.13. The van der Waals surface area contributed by atoms with Crippen LogP contribution in [0.1, 0.15) is 47.8 Å². The largest absolute Gasteiger partial charge is 0.494 e. The molecule has 1 aromatic heterocycles. The van der Waals surface area contributed by atoms with Crippen molar-refractivity contribution in [2.75, 3.05) is 22.7 Å². The second kappa shape index (κ2) is 12.6. The molecule has 1 heterocycles. The first-order chi connectivity index (χ1) is 18.7. The third-order valence-electron chi connectivity index (χ3n) is 6.17. The van der Waals surface area contributed by atoms with Gasteiger partial charge in [0.15, 0.2) is 0 Å². The Hall–Kier alpha value is -4.11. The van der Waals surface area contributed by atoms with E-state index in [4.69, 9.17) is 4.74 Å². The maximum atomic E-state index is 13.3. The summed E-state index contributed by atoms with van der Waals surface area (Å²) < 4.78 is 7.83. The van der Waals surface area contributed by atoms with Crippen molar-refractivity contribution in [2.45, 2.75) is 40.0 Å². The lowest BCUT2D eigenvalue weighted by Gasteiger charge is -2.14. The number of halogens is 1. The highest BCUT2D eigenvalue weighted by molar-refractivity contribution is 9.10. The van der Waals surface area contributed by atoms with Gasteiger partial charge in [0.25, 0.3) is 5.91 Å². The number of unbranched alkanes of at least 4 members (excludes halogenated alkanes) is 2. The second-order valence-electron chi connectivity index (χ2n) is 9.32. The molecule has 0 saturated heterocycles. The van der Waals surface area contributed by atoms with E-state index in [1.165, 1.54) is 4.68 Å². The van der Waals surface area contributed by atoms with Gasteiger partial charge < -0.3 is 15.4 Å². The van der Waals surface area contributed by atoms with Crippen molar-refractivity contribution >= 4 is 55.9 Å². The number of hydrogen-bond acceptors (Lipinski definition) is 4. The maximum Gasteiger partial charge on any atom is 0.328 e. The lowest BCUT2D eigenvalue weighted by molar-refractivity contribution is -0.133. The SMILES string of the molecule is CCCCCOc1ccc(NC(=O)C(=O)Nn2c(C(=O)Nc3ccc(C)cc3C)cc3cc(Br)ccc32)cc1. The molecule has 9 heteroatoms. The summed E-state index contributed by atoms with van der Waals surface area (Å²) in [6, 6.07) is 19.6. The quantitative estimate of drug-likeness (QED) is 0.152. The van der Waals surface area contributed by atoms with E-state index in [9.17, 15) is 14.4 Å². The summed E-state index contributed by atoms with van der Waals surface area (Å²) >= 11 is 3.44. The van der Waals surface area contributed by atoms with Gasteiger partial charge in [0.1, 0.15) is 11.4 Å². The molecule has 0 saturated carbocycles. The van der Waals surface area contributed by atoms with Gasteiger partial charge in [-0.1, -0.05) is 53.4 Å². The van der Waals surface area contributed by atoms with Crippen LogP contribution in [0.4, 0.5) is 11.4 Å². The number of fused-ring (bicyclic) bond motifs is 1. The van der Waals surface area contributed by atoms with Crippen LogP contribution in [0.3, 0.4) is 0 Å². The molecule has 202 valence electrons. The van der Waals surface area contributed by atoms with E-state index in [0.717, 1.165) is 34.9 Å². The minimum Gasteiger partial charge on any atom is -0.494 e. The molecule has 0 aliphatic heterocycles. The van der Waals surface area contributed by atoms with Crippen LogP contribution in [0, 0.1) is 13.8 Å². The van der Waals surface area contributed by atoms with Gasteiger partial charge in [0.05, 0.1) is 12.1 Å². The minimum atomic E-state index is -0.920. The van der Waals surface area contributed by atoms with E-state index in [-0.39, 0.29) is 5.69 Å². The molecule has 0 spiro atoms. The zero-order chi connectivity index (χ0) is 27.9. The first-order valence-electron chi connectivity index (χ1n) is 12.8. The first-order valence-corrected chi connectivity index (χ1v) is 13.6. The Morgan fingerprint density at radius 1 is 0.872 bits per heavy atom. The predicted octanol–water partition coefficient (Wildman–Crippen LogP) is 6.55. The van der Waals surface area contributed by atoms with Crippen molar-refractivity contribution in [3.05, 3.63) is 88.0 Å². The number of aromatic nitrogens is 1. The number of nitrogens with one attached hydrogen (secondary N) is 3. The third-order valence-corrected chi connectivity index (χ3v) is 6.67. The standard InChI is InChI=1S/C30H31BrN4O4/c1-4-5-6-15-39-24-11-9-23(10-12-24)32-29(37)30(38)34-35-26-14-8-22(31)17-21(26)18-27(35)28(36)33-25-13-7-19(2)16-20(25)3/h7-14,16-18H,4-6,15H2,1-3H3,(H,32,37)(H,33,36)(H,34,38). The number of hydrogen-bond donors (Lipinski definition) is 3. The molecule has 4 rings (SSSR count). The molecule has 3 N–H and O–H groups in total. The number of carbonyl (C=O) groups is 3. The number of benzene rings is 3. The van der Waals surface area contributed by atoms with Gasteiger partial charge in [-0.3, -0.25) is 19.8 Å². The molecule has 3 amide bonds. The lowest BCUT2D eigenvalue weighted by Crippen LogP contribution is -2.36. The van der Waals surface area contributed by atoms with Gasteiger partial charge in [-0.2, -0.15) is 0 Å². The van der Waals surface area contributed by atoms with E-state index in [2.05, 4.69) is 38.9 Å². The third kappa shape index (κ3) is 7.06. The Kier molecular flexibility index (Phi) is 9.03. The van der Waals surface area contributed by atoms with E-state index in [1.54, 1.807) is 42.5 Å². The van der Waals surface area contributed by atoms with Crippen LogP contribution in [0.5, 0.6) is 5.75 Å². The van der Waals surface area contributed by atoms with E-state index >= 15 is 0 Å². The Labute approximate surface area is 235 Å². The summed E-state index contributed by atoms with van der Waals surface area (Å²) in [5.74, 6) is -1.52. The Morgan fingerprint density at radius 2 is 1.64 bits per heavy atom. The normalized spacial score (nSPS) is 10.8. The topological polar surface area (TPSA) is 101 Å². The van der Waals surface area contributed by atoms with Crippen LogP contribution >= 0.6 is 15.9 Å². The molecule has 0 radical (unpaired) electrons. The molecule has 4 aromatic rings. The number of aryl methyl sites for hydroxylation is 2. The number of ether oxygens (including phenoxy) is 1. The monoisotopic (exact) mass is 590 g/mol. The maximum absolute atomic E-state index is 13.3. The first kappa shape index (κ1) is 27.9. The summed E-state index contributed by atoms with van der Waals surface area (Å²) in [7, 11) is 0. The molecular weight excluding hydrogens is 560 g/mol. The summed E-state index contributed by atoms with van der Waals surface area (Å²) in [6.45, 7) is 6.65. The van der Waals surface area contributed by atoms with Gasteiger partial charge in [-0.15, -0.1) is 0 Å². The number of amides is 3. The highest BCUT2D eigenvalue weighted by Gasteiger charge is 2.21. The fourth-order valence-corrected chi connectivity index (χ4v) is 4.51. The fraction of sp³-hybridized carbons (Fsp3) is 0.233. The average Bonchev–Trinajstić information content (AvgIpc) is 3.26. The zero-order valence-electron chi connectivity index (χ0n) is 22.1. The molecule has 0 aliphatic carbocycles. The molecule has 0 aliphatic rings. The van der Waals surface area contributed by atoms with Gasteiger partial charge in [0, 0.05) is 21.2 Å². The van der Waals surface area contributed by atoms with Crippen molar-refractivity contribution in [3.8, 4) is 5.75 Å². The smallest absolute Gasteiger partial charge is 0.328 e. The predicted molar refractivity (Wildman–Crippen MR) is 158 cm³/mol. The van der Waals surface area contributed by atoms with Crippen LogP contribution in [-0.2, 0) is 9.59 Å². The molecule has 8 nitrogen and oxygen atoms in total. The molecule has 39 heavy (non-hydrogen) atoms. The van der Waals surface area contributed by atoms with E-state index in [0.29, 0.717) is 34.6 Å². The van der Waals surface area contributed by atoms with Gasteiger partial charge in [-0.05, 0) is 80.4 Å². The van der Waals surface area contributed by atoms with Crippen molar-refractivity contribution in [1.29, 1.82) is 0 Å². The molecule has 3 aromatic carbocycles. The van der Waals surface area contributed by atoms with Crippen LogP contribution in [0.15, 0.2) is 71.2 Å². The molecule has 0 fully saturated rings. The molecule has 0 bridgehead atoms. The number of carbonyl (C=O) groups excluding carboxylic acids is 3. The van der Waals surface area contributed by atoms with Crippen molar-refractivity contribution < 1.29 is 19.1 Å². The van der Waals surface area contributed by atoms with Gasteiger partial charge >= 0.3 is 11.8 Å². The zero-order valence-corrected chi connectivity index (χ0v) is 23.7. The summed E-state index contributed by atoms with van der Waals surface area (Å²) in [6.07, 6.45) is 3.20. The summed E-state index contributed by atoms with van der Waals surface area (Å²) in [4.78, 5) is 38.9. The van der Waals surface area contributed by atoms with Crippen LogP contribution in [0.2, 0.25) is 0 Å². The van der Waals surface area contributed by atoms with Crippen LogP contribution < -0.4 is 20.8 Å². The number of nitrogens with zero attached hydrogens (tertiary/aromatic N) is 1. The summed E-state index contributed by atoms with van der Waals surface area (Å²) in [5.41, 5.74) is 6.42. The molecule has 0 unspecified atom stereocenters. The van der Waals surface area contributed by atoms with Crippen LogP contribution in [0.25, 0.3) is 10.9 Å². The van der Waals surface area contributed by atoms with Crippen molar-refractivity contribution in [2.24, 2.45) is 0 Å². The highest BCUT2D eigenvalue weighted by Crippen LogP contribution is 2.25. The lowest BCUT2D eigenvalue weighted by atomic mass is 10.1. The number of rotatable bonds is 9. The summed E-state index contributed by atoms with van der Waals surface area (Å²) in [5, 5.41) is 6.21. The minimum absolute atomic E-state index is 0.175. The van der Waals surface area contributed by atoms with Crippen LogP contribution in [-0.4, -0.2) is 29.0 Å². The van der Waals surface area contributed by atoms with Gasteiger partial charge in [-0.25, -0.2) is 4.68 Å². The van der Waals surface area contributed by atoms with E-state index in [1.807, 2.05) is 38.1 Å². The Balaban J connectivity index is 1.50. The van der Waals surface area contributed by atoms with Gasteiger partial charge in [0.2, 0.25) is 0 Å². The average molecular weight is 592 g/mol. The van der Waals surface area contributed by atoms with Crippen molar-refractivity contribution in [1.82, 2.24) is 4.68 Å². The Bertz CT molecular complexity index is 1510. The van der Waals surface area contributed by atoms with Crippen molar-refractivity contribution in [3.63, 3.8) is 0 Å². The molecular formula is C30H31BrN4O4. The van der Waals surface area contributed by atoms with E-state index < -0.39 is 17.7 Å². The number of anilines is 2. The second-order valence-corrected chi connectivity index (χ2v) is 10.2.